The quantitative estimate of drug-likeness (QED) is 0.220. The fourth-order valence-electron chi connectivity index (χ4n) is 1.99. The first-order valence-electron chi connectivity index (χ1n) is 7.50. The van der Waals surface area contributed by atoms with E-state index in [1.807, 2.05) is 0 Å². The summed E-state index contributed by atoms with van der Waals surface area (Å²) >= 11 is 0. The molecule has 1 aromatic heterocycles. The maximum Gasteiger partial charge on any atom is 0.343 e. The van der Waals surface area contributed by atoms with Gasteiger partial charge in [0.15, 0.2) is 0 Å². The van der Waals surface area contributed by atoms with Crippen LogP contribution in [0.4, 0.5) is 17.1 Å². The highest BCUT2D eigenvalue weighted by Gasteiger charge is 2.11. The normalized spacial score (nSPS) is 10.6. The predicted octanol–water partition coefficient (Wildman–Crippen LogP) is 4.62. The van der Waals surface area contributed by atoms with Gasteiger partial charge in [-0.3, -0.25) is 15.1 Å². The molecule has 0 radical (unpaired) electrons. The van der Waals surface area contributed by atoms with Gasteiger partial charge in [0.05, 0.1) is 21.9 Å². The minimum Gasteiger partial charge on any atom is -0.423 e. The Hall–Kier alpha value is -3.94. The third kappa shape index (κ3) is 4.32. The second kappa shape index (κ2) is 7.75. The average molecular weight is 348 g/mol. The molecule has 0 atom stereocenters. The zero-order chi connectivity index (χ0) is 18.4. The second-order valence-corrected chi connectivity index (χ2v) is 5.09. The third-order valence-electron chi connectivity index (χ3n) is 3.30. The number of non-ortho nitro benzene ring substituents is 1. The summed E-state index contributed by atoms with van der Waals surface area (Å²) in [7, 11) is 0. The summed E-state index contributed by atoms with van der Waals surface area (Å²) in [6.45, 7) is 0. The van der Waals surface area contributed by atoms with Gasteiger partial charge in [-0.15, -0.1) is 0 Å². The fourth-order valence-corrected chi connectivity index (χ4v) is 1.99. The molecular formula is C18H12N4O4. The number of carbonyl (C=O) groups excluding carboxylic acids is 1. The number of hydrogen-bond acceptors (Lipinski definition) is 7. The molecule has 0 fully saturated rings. The molecule has 0 saturated carbocycles. The standard InChI is InChI=1S/C18H12N4O4/c23-18(13-1-5-16(6-2-13)22(24)25)26-17-7-3-14(4-8-17)20-21-15-9-11-19-12-10-15/h1-12H. The summed E-state index contributed by atoms with van der Waals surface area (Å²) in [5.74, 6) is -0.276. The molecule has 0 bridgehead atoms. The molecule has 0 saturated heterocycles. The number of hydrogen-bond donors (Lipinski definition) is 0. The maximum absolute atomic E-state index is 12.1. The van der Waals surface area contributed by atoms with Crippen molar-refractivity contribution in [3.8, 4) is 5.75 Å². The Morgan fingerprint density at radius 2 is 1.46 bits per heavy atom. The highest BCUT2D eigenvalue weighted by atomic mass is 16.6. The Morgan fingerprint density at radius 3 is 2.04 bits per heavy atom. The van der Waals surface area contributed by atoms with Crippen LogP contribution in [0.1, 0.15) is 10.4 Å². The van der Waals surface area contributed by atoms with Gasteiger partial charge in [0.2, 0.25) is 0 Å². The van der Waals surface area contributed by atoms with Crippen LogP contribution in [-0.4, -0.2) is 15.9 Å². The smallest absolute Gasteiger partial charge is 0.343 e. The van der Waals surface area contributed by atoms with Crippen LogP contribution in [0, 0.1) is 10.1 Å². The average Bonchev–Trinajstić information content (AvgIpc) is 2.68. The van der Waals surface area contributed by atoms with Gasteiger partial charge in [0.1, 0.15) is 5.75 Å². The minimum atomic E-state index is -0.606. The van der Waals surface area contributed by atoms with Gasteiger partial charge in [-0.1, -0.05) is 0 Å². The summed E-state index contributed by atoms with van der Waals surface area (Å²) in [4.78, 5) is 26.0. The molecule has 0 N–H and O–H groups in total. The van der Waals surface area contributed by atoms with Crippen molar-refractivity contribution in [1.29, 1.82) is 0 Å². The van der Waals surface area contributed by atoms with Gasteiger partial charge < -0.3 is 4.74 Å². The number of carbonyl (C=O) groups is 1. The number of azo groups is 1. The van der Waals surface area contributed by atoms with Crippen LogP contribution in [-0.2, 0) is 0 Å². The number of nitro groups is 1. The van der Waals surface area contributed by atoms with Crippen molar-refractivity contribution in [1.82, 2.24) is 4.98 Å². The number of rotatable bonds is 5. The molecule has 0 spiro atoms. The number of aromatic nitrogens is 1. The van der Waals surface area contributed by atoms with E-state index in [4.69, 9.17) is 4.74 Å². The molecule has 8 nitrogen and oxygen atoms in total. The van der Waals surface area contributed by atoms with Crippen LogP contribution >= 0.6 is 0 Å². The molecule has 128 valence electrons. The number of esters is 1. The van der Waals surface area contributed by atoms with E-state index in [2.05, 4.69) is 15.2 Å². The minimum absolute atomic E-state index is 0.0922. The van der Waals surface area contributed by atoms with Crippen LogP contribution in [0.5, 0.6) is 5.75 Å². The van der Waals surface area contributed by atoms with Crippen molar-refractivity contribution in [3.05, 3.63) is 88.7 Å². The summed E-state index contributed by atoms with van der Waals surface area (Å²) in [5.41, 5.74) is 1.40. The lowest BCUT2D eigenvalue weighted by Gasteiger charge is -2.04. The molecule has 3 rings (SSSR count). The maximum atomic E-state index is 12.1. The summed E-state index contributed by atoms with van der Waals surface area (Å²) in [5, 5.41) is 18.8. The van der Waals surface area contributed by atoms with Crippen molar-refractivity contribution in [2.24, 2.45) is 10.2 Å². The van der Waals surface area contributed by atoms with E-state index in [0.717, 1.165) is 0 Å². The molecule has 0 unspecified atom stereocenters. The van der Waals surface area contributed by atoms with E-state index in [1.54, 1.807) is 48.8 Å². The highest BCUT2D eigenvalue weighted by molar-refractivity contribution is 5.91. The second-order valence-electron chi connectivity index (χ2n) is 5.09. The van der Waals surface area contributed by atoms with Crippen LogP contribution in [0.2, 0.25) is 0 Å². The number of nitro benzene ring substituents is 1. The van der Waals surface area contributed by atoms with Crippen molar-refractivity contribution < 1.29 is 14.5 Å². The summed E-state index contributed by atoms with van der Waals surface area (Å²) in [6.07, 6.45) is 3.24. The number of ether oxygens (including phenoxy) is 1. The van der Waals surface area contributed by atoms with Crippen LogP contribution in [0.15, 0.2) is 83.3 Å². The molecule has 8 heteroatoms. The van der Waals surface area contributed by atoms with Crippen molar-refractivity contribution in [2.45, 2.75) is 0 Å². The van der Waals surface area contributed by atoms with Gasteiger partial charge in [-0.2, -0.15) is 10.2 Å². The lowest BCUT2D eigenvalue weighted by atomic mass is 10.2. The summed E-state index contributed by atoms with van der Waals surface area (Å²) < 4.78 is 5.23. The molecule has 26 heavy (non-hydrogen) atoms. The van der Waals surface area contributed by atoms with Gasteiger partial charge >= 0.3 is 5.97 Å². The topological polar surface area (TPSA) is 107 Å². The van der Waals surface area contributed by atoms with Gasteiger partial charge in [-0.25, -0.2) is 4.79 Å². The Balaban J connectivity index is 1.64. The zero-order valence-electron chi connectivity index (χ0n) is 13.4. The largest absolute Gasteiger partial charge is 0.423 e. The molecular weight excluding hydrogens is 336 g/mol. The van der Waals surface area contributed by atoms with Crippen molar-refractivity contribution >= 4 is 23.0 Å². The predicted molar refractivity (Wildman–Crippen MR) is 92.9 cm³/mol. The first kappa shape index (κ1) is 16.9. The number of pyridine rings is 1. The summed E-state index contributed by atoms with van der Waals surface area (Å²) in [6, 6.07) is 15.1. The number of nitrogens with zero attached hydrogens (tertiary/aromatic N) is 4. The molecule has 0 aliphatic carbocycles. The Bertz CT molecular complexity index is 939. The lowest BCUT2D eigenvalue weighted by Crippen LogP contribution is -2.08. The highest BCUT2D eigenvalue weighted by Crippen LogP contribution is 2.22. The fraction of sp³-hybridized carbons (Fsp3) is 0. The van der Waals surface area contributed by atoms with Gasteiger partial charge in [0, 0.05) is 24.5 Å². The number of benzene rings is 2. The Labute approximate surface area is 148 Å². The molecule has 3 aromatic rings. The van der Waals surface area contributed by atoms with E-state index in [-0.39, 0.29) is 11.3 Å². The van der Waals surface area contributed by atoms with E-state index < -0.39 is 10.9 Å². The third-order valence-corrected chi connectivity index (χ3v) is 3.30. The van der Waals surface area contributed by atoms with E-state index >= 15 is 0 Å². The van der Waals surface area contributed by atoms with Crippen molar-refractivity contribution in [3.63, 3.8) is 0 Å². The molecule has 0 amide bonds. The van der Waals surface area contributed by atoms with Crippen LogP contribution in [0.25, 0.3) is 0 Å². The SMILES string of the molecule is O=C(Oc1ccc(N=Nc2ccncc2)cc1)c1ccc([N+](=O)[O-])cc1. The first-order chi connectivity index (χ1) is 12.6. The van der Waals surface area contributed by atoms with Crippen molar-refractivity contribution in [2.75, 3.05) is 0 Å². The van der Waals surface area contributed by atoms with Gasteiger partial charge in [0.25, 0.3) is 5.69 Å². The van der Waals surface area contributed by atoms with E-state index in [9.17, 15) is 14.9 Å². The van der Waals surface area contributed by atoms with Gasteiger partial charge in [-0.05, 0) is 48.5 Å². The lowest BCUT2D eigenvalue weighted by molar-refractivity contribution is -0.384. The Kier molecular flexibility index (Phi) is 5.04. The molecule has 2 aromatic carbocycles. The van der Waals surface area contributed by atoms with E-state index in [0.29, 0.717) is 17.1 Å². The van der Waals surface area contributed by atoms with Crippen LogP contribution in [0.3, 0.4) is 0 Å². The molecule has 1 heterocycles. The molecule has 0 aliphatic heterocycles. The molecule has 0 aliphatic rings. The van der Waals surface area contributed by atoms with Crippen LogP contribution < -0.4 is 4.74 Å². The zero-order valence-corrected chi connectivity index (χ0v) is 13.4. The van der Waals surface area contributed by atoms with E-state index in [1.165, 1.54) is 24.3 Å². The first-order valence-corrected chi connectivity index (χ1v) is 7.50. The monoisotopic (exact) mass is 348 g/mol. The Morgan fingerprint density at radius 1 is 0.885 bits per heavy atom.